The molecule has 15 heavy (non-hydrogen) atoms. The minimum absolute atomic E-state index is 1.36. The third-order valence-electron chi connectivity index (χ3n) is 1.49. The summed E-state index contributed by atoms with van der Waals surface area (Å²) in [7, 11) is 0. The van der Waals surface area contributed by atoms with E-state index in [1.807, 2.05) is 0 Å². The van der Waals surface area contributed by atoms with Gasteiger partial charge in [-0.25, -0.2) is 22.0 Å². The zero-order chi connectivity index (χ0) is 12.0. The second-order valence-electron chi connectivity index (χ2n) is 2.44. The Morgan fingerprint density at radius 2 is 0.867 bits per heavy atom. The van der Waals surface area contributed by atoms with Gasteiger partial charge in [0.25, 0.3) is 0 Å². The zero-order valence-electron chi connectivity index (χ0n) is 6.52. The lowest BCUT2D eigenvalue weighted by Gasteiger charge is -2.12. The van der Waals surface area contributed by atoms with Crippen LogP contribution < -0.4 is 5.19 Å². The monoisotopic (exact) mass is 300 g/mol. The van der Waals surface area contributed by atoms with Crippen molar-refractivity contribution in [3.05, 3.63) is 29.1 Å². The summed E-state index contributed by atoms with van der Waals surface area (Å²) >= 11 is 15.6. The first-order valence-corrected chi connectivity index (χ1v) is 8.30. The van der Waals surface area contributed by atoms with Crippen LogP contribution in [0.2, 0.25) is 0 Å². The van der Waals surface area contributed by atoms with Gasteiger partial charge in [-0.05, 0) is 0 Å². The number of hydrogen-bond donors (Lipinski definition) is 0. The topological polar surface area (TPSA) is 0 Å². The van der Waals surface area contributed by atoms with Crippen LogP contribution in [0, 0.1) is 29.1 Å². The molecule has 1 aromatic carbocycles. The molecular weight excluding hydrogens is 302 g/mol. The van der Waals surface area contributed by atoms with Crippen molar-refractivity contribution in [3.8, 4) is 0 Å². The van der Waals surface area contributed by atoms with Crippen molar-refractivity contribution >= 4 is 44.4 Å². The highest BCUT2D eigenvalue weighted by Crippen LogP contribution is 2.26. The average molecular weight is 302 g/mol. The molecule has 84 valence electrons. The molecule has 0 fully saturated rings. The maximum absolute atomic E-state index is 13.0. The Labute approximate surface area is 95.7 Å². The number of halogens is 8. The Hall–Kier alpha value is -0.0431. The lowest BCUT2D eigenvalue weighted by Crippen LogP contribution is -2.38. The van der Waals surface area contributed by atoms with Gasteiger partial charge in [0.15, 0.2) is 23.3 Å². The molecule has 0 amide bonds. The molecule has 1 aromatic rings. The third kappa shape index (κ3) is 2.22. The predicted octanol–water partition coefficient (Wildman–Crippen LogP) is 3.24. The van der Waals surface area contributed by atoms with Crippen molar-refractivity contribution in [2.75, 3.05) is 0 Å². The molecular formula is C6Cl3F5Si. The van der Waals surface area contributed by atoms with Crippen LogP contribution in [0.5, 0.6) is 0 Å². The van der Waals surface area contributed by atoms with E-state index in [4.69, 9.17) is 33.2 Å². The third-order valence-corrected chi connectivity index (χ3v) is 4.20. The summed E-state index contributed by atoms with van der Waals surface area (Å²) in [5.74, 6) is -10.7. The van der Waals surface area contributed by atoms with Crippen molar-refractivity contribution in [3.63, 3.8) is 0 Å². The molecule has 0 atom stereocenters. The van der Waals surface area contributed by atoms with E-state index < -0.39 is 40.3 Å². The lowest BCUT2D eigenvalue weighted by molar-refractivity contribution is 0.384. The highest BCUT2D eigenvalue weighted by Gasteiger charge is 2.40. The second kappa shape index (κ2) is 4.08. The quantitative estimate of drug-likeness (QED) is 0.246. The Kier molecular flexibility index (Phi) is 3.54. The van der Waals surface area contributed by atoms with Crippen LogP contribution in [0.3, 0.4) is 0 Å². The number of rotatable bonds is 1. The molecule has 0 heterocycles. The average Bonchev–Trinajstić information content (AvgIpc) is 2.09. The smallest absolute Gasteiger partial charge is 0.204 e. The van der Waals surface area contributed by atoms with Gasteiger partial charge in [-0.1, -0.05) is 0 Å². The SMILES string of the molecule is Fc1c(F)c(F)c([Si](Cl)(Cl)Cl)c(F)c1F. The van der Waals surface area contributed by atoms with Gasteiger partial charge in [-0.3, -0.25) is 0 Å². The molecule has 0 radical (unpaired) electrons. The van der Waals surface area contributed by atoms with E-state index in [1.54, 1.807) is 0 Å². The molecule has 0 unspecified atom stereocenters. The van der Waals surface area contributed by atoms with Gasteiger partial charge in [-0.2, -0.15) is 0 Å². The van der Waals surface area contributed by atoms with Crippen LogP contribution in [0.1, 0.15) is 0 Å². The van der Waals surface area contributed by atoms with Gasteiger partial charge in [0, 0.05) is 0 Å². The minimum Gasteiger partial charge on any atom is -0.204 e. The van der Waals surface area contributed by atoms with E-state index in [1.165, 1.54) is 0 Å². The molecule has 0 aromatic heterocycles. The summed E-state index contributed by atoms with van der Waals surface area (Å²) in [6.45, 7) is 0. The Balaban J connectivity index is 3.68. The van der Waals surface area contributed by atoms with Gasteiger partial charge < -0.3 is 0 Å². The van der Waals surface area contributed by atoms with Crippen LogP contribution in [-0.4, -0.2) is 6.00 Å². The lowest BCUT2D eigenvalue weighted by atomic mass is 10.3. The normalized spacial score (nSPS) is 12.0. The summed E-state index contributed by atoms with van der Waals surface area (Å²) in [5.41, 5.74) is 0. The van der Waals surface area contributed by atoms with Crippen molar-refractivity contribution in [1.29, 1.82) is 0 Å². The standard InChI is InChI=1S/C6Cl3F5Si/c7-15(8,9)6-4(13)2(11)1(10)3(12)5(6)14. The van der Waals surface area contributed by atoms with Crippen molar-refractivity contribution < 1.29 is 22.0 Å². The van der Waals surface area contributed by atoms with Gasteiger partial charge in [-0.15, -0.1) is 33.2 Å². The van der Waals surface area contributed by atoms with Crippen LogP contribution in [0.4, 0.5) is 22.0 Å². The van der Waals surface area contributed by atoms with E-state index in [9.17, 15) is 22.0 Å². The molecule has 0 aliphatic rings. The molecule has 0 spiro atoms. The first-order chi connectivity index (χ1) is 6.68. The van der Waals surface area contributed by atoms with Gasteiger partial charge in [0.1, 0.15) is 0 Å². The number of hydrogen-bond acceptors (Lipinski definition) is 0. The van der Waals surface area contributed by atoms with E-state index in [0.717, 1.165) is 0 Å². The first-order valence-electron chi connectivity index (χ1n) is 3.26. The molecule has 0 saturated carbocycles. The van der Waals surface area contributed by atoms with Crippen LogP contribution >= 0.6 is 33.2 Å². The van der Waals surface area contributed by atoms with Gasteiger partial charge in [0.05, 0.1) is 5.19 Å². The summed E-state index contributed by atoms with van der Waals surface area (Å²) in [6, 6.07) is -4.19. The van der Waals surface area contributed by atoms with Gasteiger partial charge in [0.2, 0.25) is 5.82 Å². The summed E-state index contributed by atoms with van der Waals surface area (Å²) in [6.07, 6.45) is 0. The molecule has 1 rings (SSSR count). The summed E-state index contributed by atoms with van der Waals surface area (Å²) in [4.78, 5) is 0. The fraction of sp³-hybridized carbons (Fsp3) is 0. The van der Waals surface area contributed by atoms with E-state index in [2.05, 4.69) is 0 Å². The second-order valence-corrected chi connectivity index (χ2v) is 10.8. The zero-order valence-corrected chi connectivity index (χ0v) is 9.79. The molecule has 0 nitrogen and oxygen atoms in total. The Morgan fingerprint density at radius 1 is 0.600 bits per heavy atom. The predicted molar refractivity (Wildman–Crippen MR) is 49.2 cm³/mol. The molecule has 0 N–H and O–H groups in total. The summed E-state index contributed by atoms with van der Waals surface area (Å²) < 4.78 is 63.7. The van der Waals surface area contributed by atoms with E-state index in [0.29, 0.717) is 0 Å². The van der Waals surface area contributed by atoms with Crippen LogP contribution in [0.25, 0.3) is 0 Å². The largest absolute Gasteiger partial charge is 0.379 e. The maximum Gasteiger partial charge on any atom is 0.379 e. The minimum atomic E-state index is -4.19. The highest BCUT2D eigenvalue weighted by molar-refractivity contribution is 7.69. The van der Waals surface area contributed by atoms with E-state index in [-0.39, 0.29) is 0 Å². The van der Waals surface area contributed by atoms with Crippen molar-refractivity contribution in [2.24, 2.45) is 0 Å². The fourth-order valence-corrected chi connectivity index (χ4v) is 3.06. The fourth-order valence-electron chi connectivity index (χ4n) is 0.854. The van der Waals surface area contributed by atoms with Crippen molar-refractivity contribution in [2.45, 2.75) is 0 Å². The Morgan fingerprint density at radius 3 is 1.13 bits per heavy atom. The highest BCUT2D eigenvalue weighted by atomic mass is 35.8. The molecule has 0 bridgehead atoms. The van der Waals surface area contributed by atoms with E-state index >= 15 is 0 Å². The van der Waals surface area contributed by atoms with Crippen LogP contribution in [-0.2, 0) is 0 Å². The summed E-state index contributed by atoms with van der Waals surface area (Å²) in [5, 5.41) is -1.36. The van der Waals surface area contributed by atoms with Crippen molar-refractivity contribution in [1.82, 2.24) is 0 Å². The molecule has 9 heteroatoms. The molecule has 0 aliphatic heterocycles. The van der Waals surface area contributed by atoms with Crippen LogP contribution in [0.15, 0.2) is 0 Å². The first kappa shape index (κ1) is 13.0. The van der Waals surface area contributed by atoms with Gasteiger partial charge >= 0.3 is 6.00 Å². The maximum atomic E-state index is 13.0. The number of benzene rings is 1. The Bertz CT molecular complexity index is 387. The molecule has 0 saturated heterocycles. The molecule has 0 aliphatic carbocycles.